The van der Waals surface area contributed by atoms with Crippen molar-refractivity contribution in [3.05, 3.63) is 28.6 Å². The third-order valence-corrected chi connectivity index (χ3v) is 3.54. The zero-order valence-corrected chi connectivity index (χ0v) is 13.6. The normalized spacial score (nSPS) is 17.9. The number of nitrogens with zero attached hydrogens (tertiary/aromatic N) is 3. The van der Waals surface area contributed by atoms with Gasteiger partial charge >= 0.3 is 11.8 Å². The summed E-state index contributed by atoms with van der Waals surface area (Å²) in [6.45, 7) is 6.50. The number of pyridine rings is 1. The van der Waals surface area contributed by atoms with Crippen molar-refractivity contribution in [2.75, 3.05) is 18.1 Å². The first-order valence-electron chi connectivity index (χ1n) is 7.58. The first-order chi connectivity index (χ1) is 10.8. The summed E-state index contributed by atoms with van der Waals surface area (Å²) in [6.07, 6.45) is 4.02. The molecule has 126 valence electrons. The van der Waals surface area contributed by atoms with E-state index in [4.69, 9.17) is 4.74 Å². The lowest BCUT2D eigenvalue weighted by molar-refractivity contribution is -0.384. The van der Waals surface area contributed by atoms with Crippen LogP contribution >= 0.6 is 0 Å². The Morgan fingerprint density at radius 1 is 1.57 bits per heavy atom. The molecule has 2 rings (SSSR count). The number of carbonyl (C=O) groups excluding carboxylic acids is 1. The first kappa shape index (κ1) is 17.0. The number of aromatic nitrogens is 1. The van der Waals surface area contributed by atoms with Gasteiger partial charge in [-0.05, 0) is 39.7 Å². The van der Waals surface area contributed by atoms with Crippen LogP contribution in [0.25, 0.3) is 0 Å². The van der Waals surface area contributed by atoms with E-state index in [1.807, 2.05) is 25.7 Å². The summed E-state index contributed by atoms with van der Waals surface area (Å²) in [6, 6.07) is 1.56. The second-order valence-corrected chi connectivity index (χ2v) is 6.58. The summed E-state index contributed by atoms with van der Waals surface area (Å²) in [5.41, 5.74) is 0.127. The van der Waals surface area contributed by atoms with Gasteiger partial charge in [0.05, 0.1) is 11.0 Å². The third-order valence-electron chi connectivity index (χ3n) is 3.54. The van der Waals surface area contributed by atoms with Crippen LogP contribution in [-0.4, -0.2) is 40.7 Å². The van der Waals surface area contributed by atoms with Gasteiger partial charge in [0.25, 0.3) is 0 Å². The van der Waals surface area contributed by atoms with Crippen LogP contribution in [0.5, 0.6) is 0 Å². The zero-order chi connectivity index (χ0) is 17.0. The lowest BCUT2D eigenvalue weighted by Crippen LogP contribution is -2.43. The summed E-state index contributed by atoms with van der Waals surface area (Å²) in [4.78, 5) is 28.2. The van der Waals surface area contributed by atoms with Crippen molar-refractivity contribution in [3.63, 3.8) is 0 Å². The summed E-state index contributed by atoms with van der Waals surface area (Å²) in [7, 11) is 0. The lowest BCUT2D eigenvalue weighted by atomic mass is 10.1. The number of nitrogens with one attached hydrogen (secondary N) is 1. The molecule has 0 bridgehead atoms. The molecule has 0 radical (unpaired) electrons. The SMILES string of the molecule is CC(C)(C)NC(=O)OC[C@H]1CCCN1c1ccncc1[N+](=O)[O-]. The predicted octanol–water partition coefficient (Wildman–Crippen LogP) is 2.48. The van der Waals surface area contributed by atoms with Crippen molar-refractivity contribution in [2.24, 2.45) is 0 Å². The number of rotatable bonds is 4. The van der Waals surface area contributed by atoms with Crippen LogP contribution in [-0.2, 0) is 4.74 Å². The molecule has 8 heteroatoms. The monoisotopic (exact) mass is 322 g/mol. The molecule has 0 unspecified atom stereocenters. The quantitative estimate of drug-likeness (QED) is 0.675. The predicted molar refractivity (Wildman–Crippen MR) is 85.5 cm³/mol. The van der Waals surface area contributed by atoms with Crippen molar-refractivity contribution < 1.29 is 14.5 Å². The fourth-order valence-corrected chi connectivity index (χ4v) is 2.60. The minimum absolute atomic E-state index is 0.0291. The molecule has 1 fully saturated rings. The highest BCUT2D eigenvalue weighted by atomic mass is 16.6. The summed E-state index contributed by atoms with van der Waals surface area (Å²) < 4.78 is 5.28. The van der Waals surface area contributed by atoms with Crippen molar-refractivity contribution in [1.29, 1.82) is 0 Å². The Morgan fingerprint density at radius 2 is 2.30 bits per heavy atom. The van der Waals surface area contributed by atoms with Crippen LogP contribution in [0, 0.1) is 10.1 Å². The third kappa shape index (κ3) is 4.54. The maximum atomic E-state index is 11.8. The van der Waals surface area contributed by atoms with Crippen LogP contribution < -0.4 is 10.2 Å². The molecule has 1 amide bonds. The van der Waals surface area contributed by atoms with E-state index in [0.29, 0.717) is 12.2 Å². The minimum Gasteiger partial charge on any atom is -0.447 e. The molecule has 1 N–H and O–H groups in total. The molecule has 8 nitrogen and oxygen atoms in total. The first-order valence-corrected chi connectivity index (χ1v) is 7.58. The second-order valence-electron chi connectivity index (χ2n) is 6.58. The Hall–Kier alpha value is -2.38. The molecule has 23 heavy (non-hydrogen) atoms. The number of nitro groups is 1. The maximum absolute atomic E-state index is 11.8. The van der Waals surface area contributed by atoms with E-state index in [-0.39, 0.29) is 23.9 Å². The molecule has 0 aromatic carbocycles. The summed E-state index contributed by atoms with van der Waals surface area (Å²) >= 11 is 0. The van der Waals surface area contributed by atoms with Crippen LogP contribution in [0.3, 0.4) is 0 Å². The molecule has 1 aromatic rings. The average Bonchev–Trinajstić information content (AvgIpc) is 2.91. The van der Waals surface area contributed by atoms with Crippen molar-refractivity contribution in [1.82, 2.24) is 10.3 Å². The number of carbonyl (C=O) groups is 1. The summed E-state index contributed by atoms with van der Waals surface area (Å²) in [5.74, 6) is 0. The van der Waals surface area contributed by atoms with Gasteiger partial charge in [-0.15, -0.1) is 0 Å². The Kier molecular flexibility index (Phi) is 5.02. The highest BCUT2D eigenvalue weighted by Gasteiger charge is 2.31. The largest absolute Gasteiger partial charge is 0.447 e. The molecule has 0 spiro atoms. The van der Waals surface area contributed by atoms with E-state index in [2.05, 4.69) is 10.3 Å². The van der Waals surface area contributed by atoms with Crippen molar-refractivity contribution in [3.8, 4) is 0 Å². The Bertz CT molecular complexity index is 585. The van der Waals surface area contributed by atoms with E-state index < -0.39 is 11.0 Å². The van der Waals surface area contributed by atoms with Gasteiger partial charge in [-0.2, -0.15) is 0 Å². The fraction of sp³-hybridized carbons (Fsp3) is 0.600. The van der Waals surface area contributed by atoms with Crippen LogP contribution in [0.4, 0.5) is 16.2 Å². The fourth-order valence-electron chi connectivity index (χ4n) is 2.60. The van der Waals surface area contributed by atoms with Gasteiger partial charge in [-0.1, -0.05) is 0 Å². The van der Waals surface area contributed by atoms with Gasteiger partial charge < -0.3 is 15.0 Å². The molecule has 1 saturated heterocycles. The number of hydrogen-bond acceptors (Lipinski definition) is 6. The highest BCUT2D eigenvalue weighted by molar-refractivity contribution is 5.68. The van der Waals surface area contributed by atoms with Gasteiger partial charge in [-0.3, -0.25) is 15.1 Å². The Labute approximate surface area is 135 Å². The van der Waals surface area contributed by atoms with Crippen molar-refractivity contribution in [2.45, 2.75) is 45.2 Å². The number of alkyl carbamates (subject to hydrolysis) is 1. The van der Waals surface area contributed by atoms with E-state index in [0.717, 1.165) is 12.8 Å². The van der Waals surface area contributed by atoms with Gasteiger partial charge in [0.2, 0.25) is 0 Å². The summed E-state index contributed by atoms with van der Waals surface area (Å²) in [5, 5.41) is 13.9. The number of hydrogen-bond donors (Lipinski definition) is 1. The molecular formula is C15H22N4O4. The van der Waals surface area contributed by atoms with E-state index in [9.17, 15) is 14.9 Å². The molecule has 1 aliphatic heterocycles. The second kappa shape index (κ2) is 6.80. The van der Waals surface area contributed by atoms with Crippen LogP contribution in [0.1, 0.15) is 33.6 Å². The average molecular weight is 322 g/mol. The Balaban J connectivity index is 2.04. The van der Waals surface area contributed by atoms with Gasteiger partial charge in [0.15, 0.2) is 0 Å². The smallest absolute Gasteiger partial charge is 0.407 e. The van der Waals surface area contributed by atoms with Crippen LogP contribution in [0.2, 0.25) is 0 Å². The van der Waals surface area contributed by atoms with E-state index in [1.165, 1.54) is 12.4 Å². The minimum atomic E-state index is -0.478. The standard InChI is InChI=1S/C15H22N4O4/c1-15(2,3)17-14(20)23-10-11-5-4-8-18(11)12-6-7-16-9-13(12)19(21)22/h6-7,9,11H,4-5,8,10H2,1-3H3,(H,17,20)/t11-/m1/s1. The molecule has 1 atom stereocenters. The molecule has 1 aromatic heterocycles. The van der Waals surface area contributed by atoms with E-state index >= 15 is 0 Å². The number of amides is 1. The van der Waals surface area contributed by atoms with Gasteiger partial charge in [0, 0.05) is 18.3 Å². The van der Waals surface area contributed by atoms with Gasteiger partial charge in [0.1, 0.15) is 18.5 Å². The number of ether oxygens (including phenoxy) is 1. The van der Waals surface area contributed by atoms with Crippen molar-refractivity contribution >= 4 is 17.5 Å². The molecule has 1 aliphatic rings. The molecule has 0 saturated carbocycles. The Morgan fingerprint density at radius 3 is 2.96 bits per heavy atom. The lowest BCUT2D eigenvalue weighted by Gasteiger charge is -2.27. The molecule has 0 aliphatic carbocycles. The molecular weight excluding hydrogens is 300 g/mol. The highest BCUT2D eigenvalue weighted by Crippen LogP contribution is 2.32. The zero-order valence-electron chi connectivity index (χ0n) is 13.6. The topological polar surface area (TPSA) is 97.6 Å². The number of anilines is 1. The van der Waals surface area contributed by atoms with Gasteiger partial charge in [-0.25, -0.2) is 4.79 Å². The van der Waals surface area contributed by atoms with Crippen LogP contribution in [0.15, 0.2) is 18.5 Å². The molecule has 2 heterocycles. The van der Waals surface area contributed by atoms with E-state index in [1.54, 1.807) is 6.07 Å². The maximum Gasteiger partial charge on any atom is 0.407 e.